The van der Waals surface area contributed by atoms with Crippen LogP contribution < -0.4 is 4.74 Å². The molecule has 3 aromatic rings. The van der Waals surface area contributed by atoms with Crippen LogP contribution in [0.1, 0.15) is 23.6 Å². The predicted octanol–water partition coefficient (Wildman–Crippen LogP) is 5.61. The summed E-state index contributed by atoms with van der Waals surface area (Å²) in [5.74, 6) is 0.908. The van der Waals surface area contributed by atoms with Crippen molar-refractivity contribution in [1.29, 1.82) is 0 Å². The van der Waals surface area contributed by atoms with Gasteiger partial charge in [0.1, 0.15) is 12.4 Å². The molecule has 138 valence electrons. The van der Waals surface area contributed by atoms with Crippen molar-refractivity contribution in [2.45, 2.75) is 6.92 Å². The van der Waals surface area contributed by atoms with Gasteiger partial charge in [-0.25, -0.2) is 0 Å². The molecule has 2 heteroatoms. The van der Waals surface area contributed by atoms with Gasteiger partial charge in [0.15, 0.2) is 0 Å². The molecule has 3 aromatic carbocycles. The smallest absolute Gasteiger partial charge is 0.119 e. The average Bonchev–Trinajstić information content (AvgIpc) is 2.70. The minimum atomic E-state index is 0.691. The zero-order valence-corrected chi connectivity index (χ0v) is 16.4. The van der Waals surface area contributed by atoms with E-state index in [4.69, 9.17) is 4.74 Å². The van der Waals surface area contributed by atoms with E-state index < -0.39 is 0 Å². The molecule has 0 radical (unpaired) electrons. The standard InChI is InChI=1S/C25H27NO/c1-20(21-10-6-4-7-11-21)25(22-12-8-5-9-13-22)23-14-16-24(17-15-23)27-19-18-26(2)3/h4-17H,18-19H2,1-3H3/b25-20-. The van der Waals surface area contributed by atoms with Gasteiger partial charge in [-0.1, -0.05) is 72.8 Å². The number of allylic oxidation sites excluding steroid dienone is 1. The van der Waals surface area contributed by atoms with Gasteiger partial charge >= 0.3 is 0 Å². The zero-order valence-electron chi connectivity index (χ0n) is 16.4. The number of hydrogen-bond acceptors (Lipinski definition) is 2. The summed E-state index contributed by atoms with van der Waals surface area (Å²) in [6.45, 7) is 3.79. The molecule has 0 heterocycles. The normalized spacial score (nSPS) is 12.0. The Labute approximate surface area is 162 Å². The summed E-state index contributed by atoms with van der Waals surface area (Å²) in [6.07, 6.45) is 0. The summed E-state index contributed by atoms with van der Waals surface area (Å²) in [7, 11) is 4.10. The Morgan fingerprint density at radius 2 is 1.22 bits per heavy atom. The number of likely N-dealkylation sites (N-methyl/N-ethyl adjacent to an activating group) is 1. The molecule has 0 aromatic heterocycles. The molecule has 0 atom stereocenters. The molecular weight excluding hydrogens is 330 g/mol. The van der Waals surface area contributed by atoms with E-state index >= 15 is 0 Å². The lowest BCUT2D eigenvalue weighted by molar-refractivity contribution is 0.261. The first kappa shape index (κ1) is 18.9. The van der Waals surface area contributed by atoms with Gasteiger partial charge in [0.05, 0.1) is 0 Å². The molecule has 0 spiro atoms. The van der Waals surface area contributed by atoms with Crippen molar-refractivity contribution in [2.75, 3.05) is 27.2 Å². The summed E-state index contributed by atoms with van der Waals surface area (Å²) in [5.41, 5.74) is 6.18. The van der Waals surface area contributed by atoms with E-state index in [9.17, 15) is 0 Å². The van der Waals surface area contributed by atoms with Crippen LogP contribution in [0.25, 0.3) is 11.1 Å². The molecule has 27 heavy (non-hydrogen) atoms. The monoisotopic (exact) mass is 357 g/mol. The summed E-state index contributed by atoms with van der Waals surface area (Å²) >= 11 is 0. The van der Waals surface area contributed by atoms with Crippen molar-refractivity contribution in [3.05, 3.63) is 102 Å². The van der Waals surface area contributed by atoms with Crippen LogP contribution in [0.5, 0.6) is 5.75 Å². The Morgan fingerprint density at radius 1 is 0.704 bits per heavy atom. The van der Waals surface area contributed by atoms with Crippen molar-refractivity contribution in [1.82, 2.24) is 4.90 Å². The van der Waals surface area contributed by atoms with Gasteiger partial charge < -0.3 is 9.64 Å². The van der Waals surface area contributed by atoms with Gasteiger partial charge in [-0.3, -0.25) is 0 Å². The third kappa shape index (κ3) is 5.08. The van der Waals surface area contributed by atoms with Gasteiger partial charge in [0, 0.05) is 6.54 Å². The van der Waals surface area contributed by atoms with Crippen LogP contribution in [0.4, 0.5) is 0 Å². The zero-order chi connectivity index (χ0) is 19.1. The highest BCUT2D eigenvalue weighted by Crippen LogP contribution is 2.32. The minimum absolute atomic E-state index is 0.691. The van der Waals surface area contributed by atoms with E-state index in [0.29, 0.717) is 6.61 Å². The van der Waals surface area contributed by atoms with Crippen LogP contribution >= 0.6 is 0 Å². The Balaban J connectivity index is 1.95. The second-order valence-electron chi connectivity index (χ2n) is 6.91. The maximum Gasteiger partial charge on any atom is 0.119 e. The first-order chi connectivity index (χ1) is 13.1. The average molecular weight is 357 g/mol. The molecule has 0 saturated heterocycles. The maximum atomic E-state index is 5.84. The van der Waals surface area contributed by atoms with Crippen LogP contribution in [0.3, 0.4) is 0 Å². The van der Waals surface area contributed by atoms with Gasteiger partial charge in [-0.05, 0) is 61.0 Å². The Kier molecular flexibility index (Phi) is 6.45. The largest absolute Gasteiger partial charge is 0.492 e. The number of hydrogen-bond donors (Lipinski definition) is 0. The number of benzene rings is 3. The van der Waals surface area contributed by atoms with Crippen LogP contribution in [-0.2, 0) is 0 Å². The minimum Gasteiger partial charge on any atom is -0.492 e. The third-order valence-corrected chi connectivity index (χ3v) is 4.59. The summed E-state index contributed by atoms with van der Waals surface area (Å²) in [4.78, 5) is 2.12. The molecule has 0 fully saturated rings. The fourth-order valence-electron chi connectivity index (χ4n) is 3.10. The van der Waals surface area contributed by atoms with E-state index in [1.54, 1.807) is 0 Å². The quantitative estimate of drug-likeness (QED) is 0.510. The molecule has 0 N–H and O–H groups in total. The van der Waals surface area contributed by atoms with Crippen molar-refractivity contribution < 1.29 is 4.74 Å². The predicted molar refractivity (Wildman–Crippen MR) is 115 cm³/mol. The Morgan fingerprint density at radius 3 is 1.78 bits per heavy atom. The van der Waals surface area contributed by atoms with Gasteiger partial charge in [0.25, 0.3) is 0 Å². The highest BCUT2D eigenvalue weighted by Gasteiger charge is 2.10. The summed E-state index contributed by atoms with van der Waals surface area (Å²) in [5, 5.41) is 0. The van der Waals surface area contributed by atoms with E-state index in [2.05, 4.69) is 111 Å². The fraction of sp³-hybridized carbons (Fsp3) is 0.200. The van der Waals surface area contributed by atoms with E-state index in [1.807, 2.05) is 0 Å². The third-order valence-electron chi connectivity index (χ3n) is 4.59. The molecule has 0 unspecified atom stereocenters. The molecular formula is C25H27NO. The van der Waals surface area contributed by atoms with Crippen LogP contribution in [0.2, 0.25) is 0 Å². The molecule has 2 nitrogen and oxygen atoms in total. The van der Waals surface area contributed by atoms with Gasteiger partial charge in [0.2, 0.25) is 0 Å². The molecule has 3 rings (SSSR count). The Hall–Kier alpha value is -2.84. The topological polar surface area (TPSA) is 12.5 Å². The molecule has 0 bridgehead atoms. The highest BCUT2D eigenvalue weighted by atomic mass is 16.5. The fourth-order valence-corrected chi connectivity index (χ4v) is 3.10. The first-order valence-corrected chi connectivity index (χ1v) is 9.35. The van der Waals surface area contributed by atoms with Crippen LogP contribution in [-0.4, -0.2) is 32.1 Å². The van der Waals surface area contributed by atoms with Crippen molar-refractivity contribution >= 4 is 11.1 Å². The van der Waals surface area contributed by atoms with E-state index in [1.165, 1.54) is 27.8 Å². The van der Waals surface area contributed by atoms with Crippen molar-refractivity contribution in [3.8, 4) is 5.75 Å². The summed E-state index contributed by atoms with van der Waals surface area (Å²) in [6, 6.07) is 29.6. The van der Waals surface area contributed by atoms with Crippen molar-refractivity contribution in [3.63, 3.8) is 0 Å². The molecule has 0 saturated carbocycles. The molecule has 0 amide bonds. The number of rotatable bonds is 7. The number of nitrogens with zero attached hydrogens (tertiary/aromatic N) is 1. The first-order valence-electron chi connectivity index (χ1n) is 9.35. The van der Waals surface area contributed by atoms with Crippen LogP contribution in [0, 0.1) is 0 Å². The van der Waals surface area contributed by atoms with E-state index in [-0.39, 0.29) is 0 Å². The van der Waals surface area contributed by atoms with Gasteiger partial charge in [-0.15, -0.1) is 0 Å². The lowest BCUT2D eigenvalue weighted by Gasteiger charge is -2.15. The SMILES string of the molecule is C/C(=C(\c1ccccc1)c1ccc(OCCN(C)C)cc1)c1ccccc1. The second-order valence-corrected chi connectivity index (χ2v) is 6.91. The maximum absolute atomic E-state index is 5.84. The highest BCUT2D eigenvalue weighted by molar-refractivity contribution is 5.97. The lowest BCUT2D eigenvalue weighted by atomic mass is 9.90. The second kappa shape index (κ2) is 9.20. The van der Waals surface area contributed by atoms with Crippen LogP contribution in [0.15, 0.2) is 84.9 Å². The molecule has 0 aliphatic carbocycles. The molecule has 0 aliphatic heterocycles. The molecule has 0 aliphatic rings. The van der Waals surface area contributed by atoms with E-state index in [0.717, 1.165) is 12.3 Å². The summed E-state index contributed by atoms with van der Waals surface area (Å²) < 4.78 is 5.84. The Bertz CT molecular complexity index is 865. The number of ether oxygens (including phenoxy) is 1. The lowest BCUT2D eigenvalue weighted by Crippen LogP contribution is -2.19. The van der Waals surface area contributed by atoms with Crippen molar-refractivity contribution in [2.24, 2.45) is 0 Å². The van der Waals surface area contributed by atoms with Gasteiger partial charge in [-0.2, -0.15) is 0 Å².